The average molecular weight is 306 g/mol. The summed E-state index contributed by atoms with van der Waals surface area (Å²) < 4.78 is 5.59. The summed E-state index contributed by atoms with van der Waals surface area (Å²) in [5, 5.41) is 0. The number of nitrogens with zero attached hydrogens (tertiary/aromatic N) is 4. The number of likely N-dealkylation sites (tertiary alicyclic amines) is 1. The fourth-order valence-electron chi connectivity index (χ4n) is 3.69. The molecule has 0 unspecified atom stereocenters. The molecule has 1 aromatic rings. The maximum Gasteiger partial charge on any atom is 0.219 e. The van der Waals surface area contributed by atoms with Crippen molar-refractivity contribution in [2.24, 2.45) is 5.92 Å². The van der Waals surface area contributed by atoms with Gasteiger partial charge in [0.15, 0.2) is 0 Å². The van der Waals surface area contributed by atoms with Crippen LogP contribution in [0.5, 0.6) is 0 Å². The molecule has 6 nitrogen and oxygen atoms in total. The van der Waals surface area contributed by atoms with E-state index in [0.29, 0.717) is 12.0 Å². The van der Waals surface area contributed by atoms with Crippen LogP contribution in [0, 0.1) is 12.8 Å². The quantitative estimate of drug-likeness (QED) is 0.833. The fourth-order valence-corrected chi connectivity index (χ4v) is 3.69. The van der Waals surface area contributed by atoms with Crippen LogP contribution in [0.3, 0.4) is 0 Å². The van der Waals surface area contributed by atoms with Gasteiger partial charge in [0.1, 0.15) is 5.76 Å². The van der Waals surface area contributed by atoms with E-state index in [1.54, 1.807) is 13.1 Å². The van der Waals surface area contributed by atoms with Gasteiger partial charge in [-0.1, -0.05) is 6.92 Å². The Labute approximate surface area is 132 Å². The van der Waals surface area contributed by atoms with Gasteiger partial charge >= 0.3 is 0 Å². The first-order chi connectivity index (χ1) is 10.5. The molecule has 2 aliphatic heterocycles. The Morgan fingerprint density at radius 3 is 2.64 bits per heavy atom. The highest BCUT2D eigenvalue weighted by Crippen LogP contribution is 2.24. The molecule has 0 N–H and O–H groups in total. The lowest BCUT2D eigenvalue weighted by Crippen LogP contribution is -2.53. The zero-order valence-electron chi connectivity index (χ0n) is 13.8. The molecule has 0 aromatic carbocycles. The van der Waals surface area contributed by atoms with Gasteiger partial charge in [0.25, 0.3) is 0 Å². The molecule has 122 valence electrons. The standard InChI is InChI=1S/C16H26N4O2/c1-12-9-18(11-16-17-8-13(2)22-16)10-15(12)20-6-4-19(5-7-20)14(3)21/h8,12,15H,4-7,9-11H2,1-3H3/t12-,15+/m0/s1. The summed E-state index contributed by atoms with van der Waals surface area (Å²) in [6.07, 6.45) is 1.79. The first-order valence-electron chi connectivity index (χ1n) is 8.16. The maximum absolute atomic E-state index is 11.4. The predicted octanol–water partition coefficient (Wildman–Crippen LogP) is 0.967. The van der Waals surface area contributed by atoms with E-state index in [2.05, 4.69) is 21.7 Å². The van der Waals surface area contributed by atoms with Crippen LogP contribution in [0.4, 0.5) is 0 Å². The van der Waals surface area contributed by atoms with E-state index in [9.17, 15) is 4.79 Å². The van der Waals surface area contributed by atoms with E-state index in [1.165, 1.54) is 0 Å². The van der Waals surface area contributed by atoms with E-state index >= 15 is 0 Å². The fraction of sp³-hybridized carbons (Fsp3) is 0.750. The van der Waals surface area contributed by atoms with Crippen LogP contribution in [0.1, 0.15) is 25.5 Å². The summed E-state index contributed by atoms with van der Waals surface area (Å²) in [5.74, 6) is 2.52. The van der Waals surface area contributed by atoms with E-state index < -0.39 is 0 Å². The van der Waals surface area contributed by atoms with Crippen LogP contribution in [0.2, 0.25) is 0 Å². The molecule has 3 rings (SSSR count). The lowest BCUT2D eigenvalue weighted by molar-refractivity contribution is -0.130. The summed E-state index contributed by atoms with van der Waals surface area (Å²) >= 11 is 0. The highest BCUT2D eigenvalue weighted by molar-refractivity contribution is 5.73. The monoisotopic (exact) mass is 306 g/mol. The number of oxazole rings is 1. The van der Waals surface area contributed by atoms with Crippen LogP contribution >= 0.6 is 0 Å². The number of hydrogen-bond acceptors (Lipinski definition) is 5. The van der Waals surface area contributed by atoms with Crippen molar-refractivity contribution in [1.82, 2.24) is 19.7 Å². The largest absolute Gasteiger partial charge is 0.445 e. The highest BCUT2D eigenvalue weighted by Gasteiger charge is 2.35. The number of carbonyl (C=O) groups is 1. The van der Waals surface area contributed by atoms with Gasteiger partial charge in [0.2, 0.25) is 11.8 Å². The Balaban J connectivity index is 1.54. The van der Waals surface area contributed by atoms with Crippen molar-refractivity contribution in [2.75, 3.05) is 39.3 Å². The molecule has 0 radical (unpaired) electrons. The minimum Gasteiger partial charge on any atom is -0.445 e. The highest BCUT2D eigenvalue weighted by atomic mass is 16.4. The lowest BCUT2D eigenvalue weighted by Gasteiger charge is -2.39. The van der Waals surface area contributed by atoms with Crippen LogP contribution < -0.4 is 0 Å². The summed E-state index contributed by atoms with van der Waals surface area (Å²) in [6.45, 7) is 12.5. The number of piperazine rings is 1. The van der Waals surface area contributed by atoms with Crippen molar-refractivity contribution < 1.29 is 9.21 Å². The van der Waals surface area contributed by atoms with Crippen LogP contribution in [0.15, 0.2) is 10.6 Å². The van der Waals surface area contributed by atoms with E-state index in [-0.39, 0.29) is 5.91 Å². The zero-order valence-corrected chi connectivity index (χ0v) is 13.8. The molecule has 0 spiro atoms. The first-order valence-corrected chi connectivity index (χ1v) is 8.16. The minimum absolute atomic E-state index is 0.194. The van der Waals surface area contributed by atoms with Crippen LogP contribution in [0.25, 0.3) is 0 Å². The van der Waals surface area contributed by atoms with Crippen molar-refractivity contribution >= 4 is 5.91 Å². The molecule has 2 atom stereocenters. The molecule has 0 saturated carbocycles. The third kappa shape index (κ3) is 3.33. The second kappa shape index (κ2) is 6.38. The van der Waals surface area contributed by atoms with Gasteiger partial charge in [-0.15, -0.1) is 0 Å². The molecule has 0 aliphatic carbocycles. The van der Waals surface area contributed by atoms with Crippen LogP contribution in [-0.4, -0.2) is 70.9 Å². The smallest absolute Gasteiger partial charge is 0.219 e. The molecule has 1 aromatic heterocycles. The number of aromatic nitrogens is 1. The molecule has 2 fully saturated rings. The Kier molecular flexibility index (Phi) is 4.49. The Bertz CT molecular complexity index is 522. The second-order valence-corrected chi connectivity index (χ2v) is 6.65. The molecule has 1 amide bonds. The molecule has 3 heterocycles. The number of carbonyl (C=O) groups excluding carboxylic acids is 1. The van der Waals surface area contributed by atoms with Crippen molar-refractivity contribution in [1.29, 1.82) is 0 Å². The van der Waals surface area contributed by atoms with Crippen LogP contribution in [-0.2, 0) is 11.3 Å². The number of amides is 1. The zero-order chi connectivity index (χ0) is 15.7. The van der Waals surface area contributed by atoms with Crippen molar-refractivity contribution in [3.05, 3.63) is 17.8 Å². The third-order valence-corrected chi connectivity index (χ3v) is 4.90. The van der Waals surface area contributed by atoms with Crippen molar-refractivity contribution in [3.63, 3.8) is 0 Å². The van der Waals surface area contributed by atoms with E-state index in [4.69, 9.17) is 4.42 Å². The van der Waals surface area contributed by atoms with E-state index in [1.807, 2.05) is 11.8 Å². The third-order valence-electron chi connectivity index (χ3n) is 4.90. The summed E-state index contributed by atoms with van der Waals surface area (Å²) in [4.78, 5) is 22.7. The topological polar surface area (TPSA) is 52.8 Å². The summed E-state index contributed by atoms with van der Waals surface area (Å²) in [5.41, 5.74) is 0. The van der Waals surface area contributed by atoms with Gasteiger partial charge < -0.3 is 9.32 Å². The minimum atomic E-state index is 0.194. The normalized spacial score (nSPS) is 27.5. The Hall–Kier alpha value is -1.40. The van der Waals surface area contributed by atoms with E-state index in [0.717, 1.165) is 57.5 Å². The maximum atomic E-state index is 11.4. The molecule has 0 bridgehead atoms. The summed E-state index contributed by atoms with van der Waals surface area (Å²) in [6, 6.07) is 0.574. The molecular weight excluding hydrogens is 280 g/mol. The molecule has 22 heavy (non-hydrogen) atoms. The molecular formula is C16H26N4O2. The molecule has 2 saturated heterocycles. The van der Waals surface area contributed by atoms with Gasteiger partial charge in [-0.05, 0) is 12.8 Å². The van der Waals surface area contributed by atoms with Gasteiger partial charge in [0, 0.05) is 52.2 Å². The Morgan fingerprint density at radius 1 is 1.32 bits per heavy atom. The number of rotatable bonds is 3. The van der Waals surface area contributed by atoms with Gasteiger partial charge in [-0.25, -0.2) is 4.98 Å². The molecule has 6 heteroatoms. The first kappa shape index (κ1) is 15.5. The van der Waals surface area contributed by atoms with Gasteiger partial charge in [0.05, 0.1) is 12.7 Å². The SMILES string of the molecule is CC(=O)N1CCN([C@@H]2CN(Cc3ncc(C)o3)C[C@@H]2C)CC1. The predicted molar refractivity (Wildman–Crippen MR) is 83.3 cm³/mol. The number of hydrogen-bond donors (Lipinski definition) is 0. The lowest BCUT2D eigenvalue weighted by atomic mass is 10.0. The second-order valence-electron chi connectivity index (χ2n) is 6.65. The molecule has 2 aliphatic rings. The van der Waals surface area contributed by atoms with Crippen molar-refractivity contribution in [2.45, 2.75) is 33.4 Å². The van der Waals surface area contributed by atoms with Gasteiger partial charge in [-0.3, -0.25) is 14.6 Å². The summed E-state index contributed by atoms with van der Waals surface area (Å²) in [7, 11) is 0. The van der Waals surface area contributed by atoms with Gasteiger partial charge in [-0.2, -0.15) is 0 Å². The number of aryl methyl sites for hydroxylation is 1. The Morgan fingerprint density at radius 2 is 2.05 bits per heavy atom. The van der Waals surface area contributed by atoms with Crippen molar-refractivity contribution in [3.8, 4) is 0 Å². The average Bonchev–Trinajstić information content (AvgIpc) is 3.05.